The molecule has 368 valence electrons. The lowest BCUT2D eigenvalue weighted by atomic mass is 10.1. The molecule has 0 radical (unpaired) electrons. The van der Waals surface area contributed by atoms with Gasteiger partial charge >= 0.3 is 11.9 Å². The first-order valence-corrected chi connectivity index (χ1v) is 22.5. The van der Waals surface area contributed by atoms with Crippen molar-refractivity contribution in [3.63, 3.8) is 0 Å². The van der Waals surface area contributed by atoms with Crippen LogP contribution in [0.2, 0.25) is 0 Å². The van der Waals surface area contributed by atoms with Crippen LogP contribution < -0.4 is 59.7 Å². The molecule has 0 saturated carbocycles. The lowest BCUT2D eigenvalue weighted by Crippen LogP contribution is -2.60. The molecule has 0 bridgehead atoms. The van der Waals surface area contributed by atoms with E-state index in [1.165, 1.54) is 36.0 Å². The fraction of sp³-hybridized carbons (Fsp3) is 0.541. The van der Waals surface area contributed by atoms with Gasteiger partial charge in [0, 0.05) is 24.5 Å². The standard InChI is InChI=1S/C37H58N12O14S3/c1-66-10-8-21(32(58)49-26(17-65)35(61)46-23(36(62)63)11-18-4-6-19(51)7-5-18)45-34(60)24(15-50)47-33(59)22(12-29(54)55)44-28(53)14-42-27(52)13-43-31(57)25(16-64)48-30(56)20(38)3-2-9-41-37(39)40/h4-7,20-26,50-51,64-65H,2-3,8-17,38H2,1H3,(H,42,52)(H,43,57)(H,44,53)(H,45,60)(H,46,61)(H,47,59)(H,48,56)(H,49,58)(H,54,55)(H,62,63)(H4,39,40,41). The van der Waals surface area contributed by atoms with Gasteiger partial charge in [0.05, 0.1) is 32.2 Å². The van der Waals surface area contributed by atoms with Gasteiger partial charge in [-0.1, -0.05) is 12.1 Å². The second-order valence-electron chi connectivity index (χ2n) is 14.1. The molecule has 0 aliphatic rings. The number of carboxylic acids is 2. The number of thiol groups is 2. The second-order valence-corrected chi connectivity index (χ2v) is 15.8. The summed E-state index contributed by atoms with van der Waals surface area (Å²) >= 11 is 9.41. The zero-order valence-electron chi connectivity index (χ0n) is 35.7. The molecule has 1 aromatic carbocycles. The Morgan fingerprint density at radius 2 is 1.18 bits per heavy atom. The Bertz CT molecular complexity index is 1880. The topological polar surface area (TPSA) is 438 Å². The summed E-state index contributed by atoms with van der Waals surface area (Å²) in [7, 11) is 0. The van der Waals surface area contributed by atoms with Crippen LogP contribution in [0.4, 0.5) is 0 Å². The molecule has 66 heavy (non-hydrogen) atoms. The quantitative estimate of drug-likeness (QED) is 0.0142. The van der Waals surface area contributed by atoms with Gasteiger partial charge in [0.15, 0.2) is 5.96 Å². The smallest absolute Gasteiger partial charge is 0.326 e. The van der Waals surface area contributed by atoms with E-state index in [-0.39, 0.29) is 54.8 Å². The highest BCUT2D eigenvalue weighted by Crippen LogP contribution is 2.12. The van der Waals surface area contributed by atoms with Gasteiger partial charge in [-0.2, -0.15) is 37.0 Å². The molecular formula is C37H58N12O14S3. The number of phenolic OH excluding ortho intramolecular Hbond substituents is 1. The number of carbonyl (C=O) groups is 10. The van der Waals surface area contributed by atoms with Gasteiger partial charge in [-0.25, -0.2) is 4.79 Å². The molecular weight excluding hydrogens is 933 g/mol. The maximum atomic E-state index is 13.4. The van der Waals surface area contributed by atoms with E-state index in [1.54, 1.807) is 6.26 Å². The fourth-order valence-electron chi connectivity index (χ4n) is 5.33. The van der Waals surface area contributed by atoms with Crippen LogP contribution in [0.15, 0.2) is 29.3 Å². The molecule has 7 atom stereocenters. The summed E-state index contributed by atoms with van der Waals surface area (Å²) in [5.41, 5.74) is 16.8. The number of aliphatic imine (C=N–C) groups is 1. The Hall–Kier alpha value is -6.04. The summed E-state index contributed by atoms with van der Waals surface area (Å²) < 4.78 is 0. The minimum absolute atomic E-state index is 0.0395. The molecule has 8 amide bonds. The monoisotopic (exact) mass is 990 g/mol. The van der Waals surface area contributed by atoms with Gasteiger partial charge in [0.1, 0.15) is 42.0 Å². The molecule has 26 nitrogen and oxygen atoms in total. The lowest BCUT2D eigenvalue weighted by Gasteiger charge is -2.26. The minimum atomic E-state index is -1.86. The molecule has 0 spiro atoms. The van der Waals surface area contributed by atoms with Crippen LogP contribution in [-0.2, 0) is 54.4 Å². The molecule has 0 aliphatic carbocycles. The van der Waals surface area contributed by atoms with E-state index in [4.69, 9.17) is 17.2 Å². The summed E-state index contributed by atoms with van der Waals surface area (Å²) in [6.07, 6.45) is 1.02. The molecule has 29 heteroatoms. The van der Waals surface area contributed by atoms with Crippen molar-refractivity contribution in [2.45, 2.75) is 74.4 Å². The first-order valence-electron chi connectivity index (χ1n) is 19.9. The number of benzene rings is 1. The third kappa shape index (κ3) is 22.7. The summed E-state index contributed by atoms with van der Waals surface area (Å²) in [5, 5.41) is 56.7. The minimum Gasteiger partial charge on any atom is -0.508 e. The van der Waals surface area contributed by atoms with Crippen LogP contribution in [0.1, 0.15) is 31.2 Å². The van der Waals surface area contributed by atoms with E-state index in [1.807, 2.05) is 0 Å². The third-order valence-corrected chi connectivity index (χ3v) is 10.3. The number of aromatic hydroxyl groups is 1. The van der Waals surface area contributed by atoms with Crippen molar-refractivity contribution in [1.82, 2.24) is 42.5 Å². The number of thioether (sulfide) groups is 1. The zero-order chi connectivity index (χ0) is 49.9. The van der Waals surface area contributed by atoms with Crippen LogP contribution in [0, 0.1) is 0 Å². The van der Waals surface area contributed by atoms with Crippen molar-refractivity contribution < 1.29 is 68.4 Å². The SMILES string of the molecule is CSCCC(NC(=O)C(CO)NC(=O)C(CC(=O)O)NC(=O)CNC(=O)CNC(=O)C(CS)NC(=O)C(N)CCCN=C(N)N)C(=O)NC(CS)C(=O)NC(Cc1ccc(O)cc1)C(=O)O. The van der Waals surface area contributed by atoms with Crippen LogP contribution in [0.5, 0.6) is 5.75 Å². The molecule has 1 rings (SSSR count). The molecule has 0 fully saturated rings. The number of rotatable bonds is 31. The molecule has 0 aromatic heterocycles. The third-order valence-electron chi connectivity index (χ3n) is 8.89. The van der Waals surface area contributed by atoms with E-state index in [0.29, 0.717) is 12.0 Å². The first-order chi connectivity index (χ1) is 31.1. The average Bonchev–Trinajstić information content (AvgIpc) is 3.27. The Balaban J connectivity index is 2.86. The van der Waals surface area contributed by atoms with Crippen LogP contribution in [-0.4, -0.2) is 178 Å². The highest BCUT2D eigenvalue weighted by Gasteiger charge is 2.33. The van der Waals surface area contributed by atoms with Crippen molar-refractivity contribution in [2.75, 3.05) is 49.8 Å². The fourth-order valence-corrected chi connectivity index (χ4v) is 6.32. The number of phenols is 1. The van der Waals surface area contributed by atoms with Crippen molar-refractivity contribution in [3.05, 3.63) is 29.8 Å². The number of hydrogen-bond acceptors (Lipinski definition) is 17. The van der Waals surface area contributed by atoms with Crippen molar-refractivity contribution in [3.8, 4) is 5.75 Å². The number of aliphatic hydroxyl groups excluding tert-OH is 1. The largest absolute Gasteiger partial charge is 0.508 e. The second kappa shape index (κ2) is 31.0. The Kier molecular flexibility index (Phi) is 27.2. The van der Waals surface area contributed by atoms with Gasteiger partial charge in [-0.15, -0.1) is 0 Å². The maximum absolute atomic E-state index is 13.4. The van der Waals surface area contributed by atoms with Gasteiger partial charge in [0.25, 0.3) is 0 Å². The Labute approximate surface area is 393 Å². The summed E-state index contributed by atoms with van der Waals surface area (Å²) in [6, 6.07) is -4.52. The predicted octanol–water partition coefficient (Wildman–Crippen LogP) is -6.38. The summed E-state index contributed by atoms with van der Waals surface area (Å²) in [6.45, 7) is -2.36. The van der Waals surface area contributed by atoms with Gasteiger partial charge in [0.2, 0.25) is 47.3 Å². The number of amides is 8. The van der Waals surface area contributed by atoms with Crippen LogP contribution in [0.3, 0.4) is 0 Å². The number of aliphatic carboxylic acids is 2. The molecule has 0 aliphatic heterocycles. The van der Waals surface area contributed by atoms with E-state index in [2.05, 4.69) is 72.8 Å². The highest BCUT2D eigenvalue weighted by atomic mass is 32.2. The molecule has 18 N–H and O–H groups in total. The van der Waals surface area contributed by atoms with Crippen molar-refractivity contribution in [1.29, 1.82) is 0 Å². The van der Waals surface area contributed by atoms with E-state index < -0.39 is 128 Å². The number of carbonyl (C=O) groups excluding carboxylic acids is 8. The van der Waals surface area contributed by atoms with Crippen LogP contribution >= 0.6 is 37.0 Å². The predicted molar refractivity (Wildman–Crippen MR) is 245 cm³/mol. The first kappa shape index (κ1) is 58.0. The van der Waals surface area contributed by atoms with Crippen molar-refractivity contribution in [2.24, 2.45) is 22.2 Å². The summed E-state index contributed by atoms with van der Waals surface area (Å²) in [4.78, 5) is 130. The Morgan fingerprint density at radius 1 is 0.667 bits per heavy atom. The van der Waals surface area contributed by atoms with E-state index in [9.17, 15) is 68.4 Å². The zero-order valence-corrected chi connectivity index (χ0v) is 38.3. The van der Waals surface area contributed by atoms with E-state index >= 15 is 0 Å². The summed E-state index contributed by atoms with van der Waals surface area (Å²) in [5.74, 6) is -11.1. The number of nitrogens with zero attached hydrogens (tertiary/aromatic N) is 1. The number of carboxylic acid groups (broad SMARTS) is 2. The molecule has 0 heterocycles. The number of aliphatic hydroxyl groups is 1. The van der Waals surface area contributed by atoms with Crippen molar-refractivity contribution >= 4 is 102 Å². The molecule has 0 saturated heterocycles. The number of nitrogens with two attached hydrogens (primary N) is 3. The molecule has 1 aromatic rings. The average molecular weight is 991 g/mol. The van der Waals surface area contributed by atoms with Gasteiger partial charge < -0.3 is 80.2 Å². The van der Waals surface area contributed by atoms with Crippen LogP contribution in [0.25, 0.3) is 0 Å². The Morgan fingerprint density at radius 3 is 1.74 bits per heavy atom. The molecule has 7 unspecified atom stereocenters. The van der Waals surface area contributed by atoms with E-state index in [0.717, 1.165) is 0 Å². The number of guanidine groups is 1. The number of nitrogens with one attached hydrogen (secondary N) is 8. The van der Waals surface area contributed by atoms with Gasteiger partial charge in [-0.3, -0.25) is 48.1 Å². The lowest BCUT2D eigenvalue weighted by molar-refractivity contribution is -0.142. The maximum Gasteiger partial charge on any atom is 0.326 e. The normalized spacial score (nSPS) is 13.9. The van der Waals surface area contributed by atoms with Gasteiger partial charge in [-0.05, 0) is 49.0 Å². The number of hydrogen-bond donors (Lipinski definition) is 17. The highest BCUT2D eigenvalue weighted by molar-refractivity contribution is 7.98.